The van der Waals surface area contributed by atoms with Gasteiger partial charge in [0.25, 0.3) is 0 Å². The summed E-state index contributed by atoms with van der Waals surface area (Å²) in [7, 11) is 1.68. The van der Waals surface area contributed by atoms with Crippen LogP contribution >= 0.6 is 24.8 Å². The van der Waals surface area contributed by atoms with E-state index in [2.05, 4.69) is 29.4 Å². The third-order valence-electron chi connectivity index (χ3n) is 4.29. The molecule has 22 heavy (non-hydrogen) atoms. The average Bonchev–Trinajstić information content (AvgIpc) is 2.48. The molecule has 0 spiro atoms. The number of amides is 1. The van der Waals surface area contributed by atoms with Crippen LogP contribution in [0.3, 0.4) is 0 Å². The van der Waals surface area contributed by atoms with Crippen LogP contribution in [0.15, 0.2) is 0 Å². The van der Waals surface area contributed by atoms with Gasteiger partial charge in [0, 0.05) is 13.7 Å². The van der Waals surface area contributed by atoms with Gasteiger partial charge in [-0.2, -0.15) is 0 Å². The molecule has 1 amide bonds. The van der Waals surface area contributed by atoms with Crippen molar-refractivity contribution >= 4 is 30.7 Å². The van der Waals surface area contributed by atoms with Crippen LogP contribution in [0, 0.1) is 5.41 Å². The maximum absolute atomic E-state index is 12.5. The standard InChI is InChI=1S/C15H31N3O2.2ClH/c1-4-18(5-2)12-6-9-17-14(19)15(13-20-3)7-10-16-11-8-15;;/h16H,4-13H2,1-3H3,(H,17,19);2*1H. The number of nitrogens with zero attached hydrogens (tertiary/aromatic N) is 1. The first-order valence-corrected chi connectivity index (χ1v) is 7.89. The number of ether oxygens (including phenoxy) is 1. The van der Waals surface area contributed by atoms with Crippen molar-refractivity contribution in [1.29, 1.82) is 0 Å². The Morgan fingerprint density at radius 3 is 2.32 bits per heavy atom. The van der Waals surface area contributed by atoms with Crippen molar-refractivity contribution in [2.75, 3.05) is 53.0 Å². The number of hydrogen-bond donors (Lipinski definition) is 2. The first kappa shape index (κ1) is 24.2. The second-order valence-electron chi connectivity index (χ2n) is 5.60. The molecule has 0 atom stereocenters. The largest absolute Gasteiger partial charge is 0.384 e. The van der Waals surface area contributed by atoms with Crippen molar-refractivity contribution in [2.45, 2.75) is 33.1 Å². The highest BCUT2D eigenvalue weighted by Gasteiger charge is 2.39. The Balaban J connectivity index is 0. The number of piperidine rings is 1. The molecule has 1 aliphatic rings. The van der Waals surface area contributed by atoms with E-state index in [1.54, 1.807) is 7.11 Å². The molecule has 134 valence electrons. The molecule has 1 rings (SSSR count). The summed E-state index contributed by atoms with van der Waals surface area (Å²) in [4.78, 5) is 14.8. The number of halogens is 2. The van der Waals surface area contributed by atoms with Crippen molar-refractivity contribution < 1.29 is 9.53 Å². The third-order valence-corrected chi connectivity index (χ3v) is 4.29. The number of hydrogen-bond acceptors (Lipinski definition) is 4. The zero-order valence-electron chi connectivity index (χ0n) is 14.2. The molecule has 0 aromatic heterocycles. The van der Waals surface area contributed by atoms with Crippen molar-refractivity contribution in [3.05, 3.63) is 0 Å². The first-order valence-electron chi connectivity index (χ1n) is 7.89. The summed E-state index contributed by atoms with van der Waals surface area (Å²) in [5.74, 6) is 0.167. The molecule has 0 bridgehead atoms. The summed E-state index contributed by atoms with van der Waals surface area (Å²) in [5, 5.41) is 6.42. The van der Waals surface area contributed by atoms with E-state index < -0.39 is 0 Å². The highest BCUT2D eigenvalue weighted by molar-refractivity contribution is 5.85. The zero-order chi connectivity index (χ0) is 14.8. The molecule has 7 heteroatoms. The highest BCUT2D eigenvalue weighted by Crippen LogP contribution is 2.29. The maximum atomic E-state index is 12.5. The quantitative estimate of drug-likeness (QED) is 0.616. The van der Waals surface area contributed by atoms with Gasteiger partial charge >= 0.3 is 0 Å². The van der Waals surface area contributed by atoms with Gasteiger partial charge in [0.2, 0.25) is 5.91 Å². The molecule has 1 saturated heterocycles. The third kappa shape index (κ3) is 7.47. The minimum absolute atomic E-state index is 0. The summed E-state index contributed by atoms with van der Waals surface area (Å²) in [6.45, 7) is 10.6. The molecule has 1 fully saturated rings. The molecule has 1 heterocycles. The van der Waals surface area contributed by atoms with Crippen molar-refractivity contribution in [1.82, 2.24) is 15.5 Å². The summed E-state index contributed by atoms with van der Waals surface area (Å²) in [6, 6.07) is 0. The van der Waals surface area contributed by atoms with E-state index in [0.29, 0.717) is 6.61 Å². The minimum Gasteiger partial charge on any atom is -0.384 e. The lowest BCUT2D eigenvalue weighted by molar-refractivity contribution is -0.136. The van der Waals surface area contributed by atoms with Crippen LogP contribution in [0.25, 0.3) is 0 Å². The van der Waals surface area contributed by atoms with Gasteiger partial charge in [-0.05, 0) is 52.0 Å². The Kier molecular flexibility index (Phi) is 14.7. The first-order chi connectivity index (χ1) is 9.68. The second-order valence-corrected chi connectivity index (χ2v) is 5.60. The van der Waals surface area contributed by atoms with E-state index in [1.807, 2.05) is 0 Å². The van der Waals surface area contributed by atoms with E-state index in [1.165, 1.54) is 0 Å². The zero-order valence-corrected chi connectivity index (χ0v) is 15.8. The predicted octanol–water partition coefficient (Wildman–Crippen LogP) is 1.69. The topological polar surface area (TPSA) is 53.6 Å². The van der Waals surface area contributed by atoms with E-state index in [4.69, 9.17) is 4.74 Å². The van der Waals surface area contributed by atoms with Crippen LogP contribution in [0.1, 0.15) is 33.1 Å². The van der Waals surface area contributed by atoms with Crippen LogP contribution in [0.5, 0.6) is 0 Å². The SMILES string of the molecule is CCN(CC)CCCNC(=O)C1(COC)CCNCC1.Cl.Cl. The molecule has 0 saturated carbocycles. The normalized spacial score (nSPS) is 16.5. The lowest BCUT2D eigenvalue weighted by atomic mass is 9.78. The number of methoxy groups -OCH3 is 1. The Hall–Kier alpha value is -0.0700. The van der Waals surface area contributed by atoms with Gasteiger partial charge in [-0.1, -0.05) is 13.8 Å². The molecular weight excluding hydrogens is 325 g/mol. The van der Waals surface area contributed by atoms with Crippen LogP contribution in [-0.4, -0.2) is 63.8 Å². The molecule has 0 radical (unpaired) electrons. The monoisotopic (exact) mass is 357 g/mol. The summed E-state index contributed by atoms with van der Waals surface area (Å²) in [5.41, 5.74) is -0.324. The van der Waals surface area contributed by atoms with E-state index in [9.17, 15) is 4.79 Å². The summed E-state index contributed by atoms with van der Waals surface area (Å²) in [6.07, 6.45) is 2.74. The fourth-order valence-corrected chi connectivity index (χ4v) is 2.85. The van der Waals surface area contributed by atoms with Crippen LogP contribution in [0.4, 0.5) is 0 Å². The second kappa shape index (κ2) is 13.4. The Bertz CT molecular complexity index is 278. The number of carbonyl (C=O) groups is 1. The van der Waals surface area contributed by atoms with Crippen LogP contribution < -0.4 is 10.6 Å². The Morgan fingerprint density at radius 1 is 1.23 bits per heavy atom. The van der Waals surface area contributed by atoms with Gasteiger partial charge in [0.15, 0.2) is 0 Å². The molecule has 0 unspecified atom stereocenters. The number of carbonyl (C=O) groups excluding carboxylic acids is 1. The number of rotatable bonds is 9. The lowest BCUT2D eigenvalue weighted by Gasteiger charge is -2.35. The maximum Gasteiger partial charge on any atom is 0.228 e. The van der Waals surface area contributed by atoms with E-state index in [0.717, 1.165) is 58.5 Å². The molecule has 0 aromatic carbocycles. The molecule has 1 aliphatic heterocycles. The summed E-state index contributed by atoms with van der Waals surface area (Å²) < 4.78 is 5.29. The van der Waals surface area contributed by atoms with Crippen molar-refractivity contribution in [2.24, 2.45) is 5.41 Å². The van der Waals surface area contributed by atoms with E-state index >= 15 is 0 Å². The predicted molar refractivity (Wildman–Crippen MR) is 96.3 cm³/mol. The van der Waals surface area contributed by atoms with Crippen LogP contribution in [-0.2, 0) is 9.53 Å². The van der Waals surface area contributed by atoms with Gasteiger partial charge < -0.3 is 20.3 Å². The molecule has 0 aliphatic carbocycles. The summed E-state index contributed by atoms with van der Waals surface area (Å²) >= 11 is 0. The molecule has 0 aromatic rings. The number of nitrogens with one attached hydrogen (secondary N) is 2. The van der Waals surface area contributed by atoms with Gasteiger partial charge in [-0.25, -0.2) is 0 Å². The smallest absolute Gasteiger partial charge is 0.228 e. The Morgan fingerprint density at radius 2 is 1.82 bits per heavy atom. The average molecular weight is 358 g/mol. The molecule has 2 N–H and O–H groups in total. The van der Waals surface area contributed by atoms with Crippen LogP contribution in [0.2, 0.25) is 0 Å². The van der Waals surface area contributed by atoms with Gasteiger partial charge in [-0.3, -0.25) is 4.79 Å². The molecular formula is C15H33Cl2N3O2. The van der Waals surface area contributed by atoms with Crippen molar-refractivity contribution in [3.63, 3.8) is 0 Å². The molecule has 5 nitrogen and oxygen atoms in total. The van der Waals surface area contributed by atoms with Crippen molar-refractivity contribution in [3.8, 4) is 0 Å². The fraction of sp³-hybridized carbons (Fsp3) is 0.933. The Labute approximate surface area is 147 Å². The minimum atomic E-state index is -0.324. The highest BCUT2D eigenvalue weighted by atomic mass is 35.5. The lowest BCUT2D eigenvalue weighted by Crippen LogP contribution is -2.50. The fourth-order valence-electron chi connectivity index (χ4n) is 2.85. The van der Waals surface area contributed by atoms with Gasteiger partial charge in [0.1, 0.15) is 0 Å². The van der Waals surface area contributed by atoms with Gasteiger partial charge in [-0.15, -0.1) is 24.8 Å². The van der Waals surface area contributed by atoms with E-state index in [-0.39, 0.29) is 36.1 Å². The van der Waals surface area contributed by atoms with Gasteiger partial charge in [0.05, 0.1) is 12.0 Å².